The topological polar surface area (TPSA) is 24.9 Å². The number of rotatable bonds is 5. The van der Waals surface area contributed by atoms with E-state index in [1.54, 1.807) is 0 Å². The van der Waals surface area contributed by atoms with Gasteiger partial charge >= 0.3 is 0 Å². The first-order chi connectivity index (χ1) is 8.83. The molecule has 1 aromatic carbocycles. The van der Waals surface area contributed by atoms with E-state index < -0.39 is 0 Å². The minimum atomic E-state index is 0.127. The van der Waals surface area contributed by atoms with E-state index in [9.17, 15) is 0 Å². The predicted molar refractivity (Wildman–Crippen MR) is 75.8 cm³/mol. The Bertz CT molecular complexity index is 485. The van der Waals surface area contributed by atoms with Crippen molar-refractivity contribution in [2.75, 3.05) is 6.54 Å². The van der Waals surface area contributed by atoms with Gasteiger partial charge in [0.15, 0.2) is 0 Å². The van der Waals surface area contributed by atoms with Crippen LogP contribution >= 0.6 is 11.6 Å². The zero-order valence-electron chi connectivity index (χ0n) is 10.4. The third-order valence-corrected chi connectivity index (χ3v) is 3.20. The molecule has 0 saturated carbocycles. The Kier molecular flexibility index (Phi) is 4.73. The standard InChI is InChI=1S/C15H17ClN2/c1-2-9-18-15(12-7-10-17-11-8-12)13-5-3-4-6-14(13)16/h3-8,10-11,15,18H,2,9H2,1H3. The first-order valence-electron chi connectivity index (χ1n) is 6.20. The third kappa shape index (κ3) is 3.09. The molecule has 18 heavy (non-hydrogen) atoms. The Labute approximate surface area is 113 Å². The highest BCUT2D eigenvalue weighted by Gasteiger charge is 2.15. The number of nitrogens with one attached hydrogen (secondary N) is 1. The number of hydrogen-bond donors (Lipinski definition) is 1. The lowest BCUT2D eigenvalue weighted by molar-refractivity contribution is 0.598. The van der Waals surface area contributed by atoms with Crippen LogP contribution in [0.1, 0.15) is 30.5 Å². The number of halogens is 1. The highest BCUT2D eigenvalue weighted by atomic mass is 35.5. The van der Waals surface area contributed by atoms with E-state index in [-0.39, 0.29) is 6.04 Å². The summed E-state index contributed by atoms with van der Waals surface area (Å²) in [7, 11) is 0. The van der Waals surface area contributed by atoms with Crippen LogP contribution in [-0.2, 0) is 0 Å². The molecule has 0 bridgehead atoms. The molecule has 2 nitrogen and oxygen atoms in total. The summed E-state index contributed by atoms with van der Waals surface area (Å²) in [6.45, 7) is 3.11. The molecule has 0 amide bonds. The van der Waals surface area contributed by atoms with E-state index in [4.69, 9.17) is 11.6 Å². The van der Waals surface area contributed by atoms with Crippen molar-refractivity contribution in [1.29, 1.82) is 0 Å². The molecule has 2 aromatic rings. The third-order valence-electron chi connectivity index (χ3n) is 2.85. The Balaban J connectivity index is 2.34. The van der Waals surface area contributed by atoms with Crippen molar-refractivity contribution in [3.8, 4) is 0 Å². The summed E-state index contributed by atoms with van der Waals surface area (Å²) in [5.74, 6) is 0. The van der Waals surface area contributed by atoms with Crippen LogP contribution in [0.5, 0.6) is 0 Å². The van der Waals surface area contributed by atoms with E-state index in [2.05, 4.69) is 23.3 Å². The van der Waals surface area contributed by atoms with Crippen LogP contribution in [0.4, 0.5) is 0 Å². The Morgan fingerprint density at radius 1 is 1.17 bits per heavy atom. The second-order valence-corrected chi connectivity index (χ2v) is 4.60. The van der Waals surface area contributed by atoms with Crippen LogP contribution < -0.4 is 5.32 Å². The molecule has 1 atom stereocenters. The van der Waals surface area contributed by atoms with E-state index in [1.165, 1.54) is 5.56 Å². The molecule has 3 heteroatoms. The first-order valence-corrected chi connectivity index (χ1v) is 6.58. The highest BCUT2D eigenvalue weighted by molar-refractivity contribution is 6.31. The molecule has 1 N–H and O–H groups in total. The average molecular weight is 261 g/mol. The molecular weight excluding hydrogens is 244 g/mol. The second-order valence-electron chi connectivity index (χ2n) is 4.19. The van der Waals surface area contributed by atoms with Gasteiger partial charge in [0, 0.05) is 17.4 Å². The van der Waals surface area contributed by atoms with E-state index in [0.717, 1.165) is 23.6 Å². The molecule has 1 unspecified atom stereocenters. The number of pyridine rings is 1. The van der Waals surface area contributed by atoms with Crippen molar-refractivity contribution in [3.05, 3.63) is 64.9 Å². The van der Waals surface area contributed by atoms with Crippen LogP contribution in [-0.4, -0.2) is 11.5 Å². The summed E-state index contributed by atoms with van der Waals surface area (Å²) in [6.07, 6.45) is 4.71. The maximum atomic E-state index is 6.29. The van der Waals surface area contributed by atoms with Crippen molar-refractivity contribution in [1.82, 2.24) is 10.3 Å². The van der Waals surface area contributed by atoms with E-state index in [0.29, 0.717) is 0 Å². The summed E-state index contributed by atoms with van der Waals surface area (Å²) in [5.41, 5.74) is 2.30. The molecule has 2 rings (SSSR count). The number of nitrogens with zero attached hydrogens (tertiary/aromatic N) is 1. The zero-order valence-corrected chi connectivity index (χ0v) is 11.2. The Morgan fingerprint density at radius 2 is 1.89 bits per heavy atom. The van der Waals surface area contributed by atoms with Gasteiger partial charge in [-0.15, -0.1) is 0 Å². The fraction of sp³-hybridized carbons (Fsp3) is 0.267. The lowest BCUT2D eigenvalue weighted by Gasteiger charge is -2.20. The summed E-state index contributed by atoms with van der Waals surface area (Å²) < 4.78 is 0. The predicted octanol–water partition coefficient (Wildman–Crippen LogP) is 3.82. The van der Waals surface area contributed by atoms with Crippen LogP contribution in [0.3, 0.4) is 0 Å². The Morgan fingerprint density at radius 3 is 2.56 bits per heavy atom. The quantitative estimate of drug-likeness (QED) is 0.884. The molecule has 0 saturated heterocycles. The fourth-order valence-electron chi connectivity index (χ4n) is 1.96. The van der Waals surface area contributed by atoms with Crippen LogP contribution in [0.15, 0.2) is 48.8 Å². The second kappa shape index (κ2) is 6.53. The molecule has 0 aliphatic carbocycles. The van der Waals surface area contributed by atoms with Gasteiger partial charge in [-0.2, -0.15) is 0 Å². The maximum Gasteiger partial charge on any atom is 0.0592 e. The highest BCUT2D eigenvalue weighted by Crippen LogP contribution is 2.27. The monoisotopic (exact) mass is 260 g/mol. The molecule has 0 aliphatic heterocycles. The fourth-order valence-corrected chi connectivity index (χ4v) is 2.21. The molecule has 0 spiro atoms. The zero-order chi connectivity index (χ0) is 12.8. The number of benzene rings is 1. The van der Waals surface area contributed by atoms with Gasteiger partial charge in [0.25, 0.3) is 0 Å². The molecule has 0 aliphatic rings. The molecule has 1 heterocycles. The van der Waals surface area contributed by atoms with Gasteiger partial charge in [-0.25, -0.2) is 0 Å². The van der Waals surface area contributed by atoms with Crippen LogP contribution in [0.25, 0.3) is 0 Å². The van der Waals surface area contributed by atoms with Crippen molar-refractivity contribution < 1.29 is 0 Å². The lowest BCUT2D eigenvalue weighted by atomic mass is 9.99. The van der Waals surface area contributed by atoms with Crippen LogP contribution in [0, 0.1) is 0 Å². The average Bonchev–Trinajstić information content (AvgIpc) is 2.42. The van der Waals surface area contributed by atoms with Gasteiger partial charge < -0.3 is 5.32 Å². The smallest absolute Gasteiger partial charge is 0.0592 e. The largest absolute Gasteiger partial charge is 0.306 e. The van der Waals surface area contributed by atoms with Gasteiger partial charge in [-0.1, -0.05) is 36.7 Å². The number of aromatic nitrogens is 1. The summed E-state index contributed by atoms with van der Waals surface area (Å²) in [6, 6.07) is 12.1. The van der Waals surface area contributed by atoms with Crippen molar-refractivity contribution in [3.63, 3.8) is 0 Å². The molecule has 94 valence electrons. The first kappa shape index (κ1) is 13.1. The van der Waals surface area contributed by atoms with Gasteiger partial charge in [0.1, 0.15) is 0 Å². The molecular formula is C15H17ClN2. The van der Waals surface area contributed by atoms with Crippen LogP contribution in [0.2, 0.25) is 5.02 Å². The van der Waals surface area contributed by atoms with Gasteiger partial charge in [-0.3, -0.25) is 4.98 Å². The van der Waals surface area contributed by atoms with Gasteiger partial charge in [-0.05, 0) is 42.3 Å². The van der Waals surface area contributed by atoms with Crippen molar-refractivity contribution in [2.24, 2.45) is 0 Å². The van der Waals surface area contributed by atoms with Gasteiger partial charge in [0.05, 0.1) is 6.04 Å². The molecule has 1 aromatic heterocycles. The van der Waals surface area contributed by atoms with Crippen molar-refractivity contribution >= 4 is 11.6 Å². The minimum absolute atomic E-state index is 0.127. The maximum absolute atomic E-state index is 6.29. The summed E-state index contributed by atoms with van der Waals surface area (Å²) in [4.78, 5) is 4.06. The molecule has 0 fully saturated rings. The Hall–Kier alpha value is -1.38. The normalized spacial score (nSPS) is 12.3. The van der Waals surface area contributed by atoms with E-state index in [1.807, 2.05) is 42.7 Å². The lowest BCUT2D eigenvalue weighted by Crippen LogP contribution is -2.23. The molecule has 0 radical (unpaired) electrons. The van der Waals surface area contributed by atoms with Crippen molar-refractivity contribution in [2.45, 2.75) is 19.4 Å². The van der Waals surface area contributed by atoms with Gasteiger partial charge in [0.2, 0.25) is 0 Å². The summed E-state index contributed by atoms with van der Waals surface area (Å²) >= 11 is 6.29. The summed E-state index contributed by atoms with van der Waals surface area (Å²) in [5, 5.41) is 4.32. The SMILES string of the molecule is CCCNC(c1ccncc1)c1ccccc1Cl. The van der Waals surface area contributed by atoms with E-state index >= 15 is 0 Å². The number of hydrogen-bond acceptors (Lipinski definition) is 2. The minimum Gasteiger partial charge on any atom is -0.306 e.